The molecule has 2 heterocycles. The molecule has 0 saturated carbocycles. The Morgan fingerprint density at radius 3 is 2.45 bits per heavy atom. The molecule has 0 bridgehead atoms. The number of phenolic OH excluding ortho intramolecular Hbond substituents is 1. The summed E-state index contributed by atoms with van der Waals surface area (Å²) in [6.07, 6.45) is 1.77. The Hall–Kier alpha value is -3.31. The lowest BCUT2D eigenvalue weighted by Gasteiger charge is -2.34. The number of methoxy groups -OCH3 is 1. The van der Waals surface area contributed by atoms with E-state index in [9.17, 15) is 9.90 Å². The van der Waals surface area contributed by atoms with E-state index in [4.69, 9.17) is 9.47 Å². The smallest absolute Gasteiger partial charge is 0.258 e. The highest BCUT2D eigenvalue weighted by Crippen LogP contribution is 2.48. The van der Waals surface area contributed by atoms with Crippen LogP contribution in [0, 0.1) is 0 Å². The first-order valence-electron chi connectivity index (χ1n) is 10.6. The number of rotatable bonds is 3. The van der Waals surface area contributed by atoms with E-state index in [1.165, 1.54) is 11.6 Å². The van der Waals surface area contributed by atoms with Gasteiger partial charge in [0.1, 0.15) is 11.5 Å². The minimum absolute atomic E-state index is 0.0854. The first-order chi connectivity index (χ1) is 15.1. The average molecular weight is 415 g/mol. The van der Waals surface area contributed by atoms with Gasteiger partial charge in [-0.2, -0.15) is 0 Å². The summed E-state index contributed by atoms with van der Waals surface area (Å²) >= 11 is 0. The number of fused-ring (bicyclic) bond motifs is 2. The molecule has 2 aliphatic rings. The van der Waals surface area contributed by atoms with Crippen molar-refractivity contribution in [1.29, 1.82) is 0 Å². The van der Waals surface area contributed by atoms with Crippen molar-refractivity contribution in [3.05, 3.63) is 77.9 Å². The molecule has 158 valence electrons. The van der Waals surface area contributed by atoms with Gasteiger partial charge in [-0.15, -0.1) is 0 Å². The first-order valence-corrected chi connectivity index (χ1v) is 10.6. The molecule has 1 saturated heterocycles. The number of ether oxygens (including phenoxy) is 2. The number of phenols is 1. The summed E-state index contributed by atoms with van der Waals surface area (Å²) in [5.74, 6) is 0.840. The fourth-order valence-electron chi connectivity index (χ4n) is 4.80. The van der Waals surface area contributed by atoms with Gasteiger partial charge in [0.05, 0.1) is 7.11 Å². The van der Waals surface area contributed by atoms with E-state index in [0.29, 0.717) is 25.3 Å². The molecular formula is C26H25NO4. The molecule has 1 amide bonds. The summed E-state index contributed by atoms with van der Waals surface area (Å²) in [4.78, 5) is 15.3. The molecule has 5 nitrogen and oxygen atoms in total. The number of anilines is 1. The highest BCUT2D eigenvalue weighted by molar-refractivity contribution is 6.08. The van der Waals surface area contributed by atoms with Gasteiger partial charge in [-0.05, 0) is 72.0 Å². The zero-order chi connectivity index (χ0) is 21.4. The Morgan fingerprint density at radius 1 is 1.00 bits per heavy atom. The Labute approximate surface area is 181 Å². The molecule has 0 radical (unpaired) electrons. The Morgan fingerprint density at radius 2 is 1.74 bits per heavy atom. The molecule has 1 spiro atoms. The topological polar surface area (TPSA) is 59.0 Å². The second-order valence-corrected chi connectivity index (χ2v) is 8.29. The zero-order valence-corrected chi connectivity index (χ0v) is 17.5. The van der Waals surface area contributed by atoms with Crippen molar-refractivity contribution >= 4 is 11.6 Å². The minimum Gasteiger partial charge on any atom is -0.508 e. The van der Waals surface area contributed by atoms with Crippen LogP contribution in [0.15, 0.2) is 66.7 Å². The Kier molecular flexibility index (Phi) is 4.91. The van der Waals surface area contributed by atoms with Crippen molar-refractivity contribution in [3.8, 4) is 22.6 Å². The predicted octanol–water partition coefficient (Wildman–Crippen LogP) is 4.78. The summed E-state index contributed by atoms with van der Waals surface area (Å²) in [5, 5.41) is 9.85. The third-order valence-corrected chi connectivity index (χ3v) is 6.53. The van der Waals surface area contributed by atoms with E-state index >= 15 is 0 Å². The fourth-order valence-corrected chi connectivity index (χ4v) is 4.80. The molecular weight excluding hydrogens is 390 g/mol. The lowest BCUT2D eigenvalue weighted by Crippen LogP contribution is -2.40. The van der Waals surface area contributed by atoms with Crippen LogP contribution >= 0.6 is 0 Å². The quantitative estimate of drug-likeness (QED) is 0.669. The van der Waals surface area contributed by atoms with Crippen molar-refractivity contribution in [2.24, 2.45) is 0 Å². The number of aromatic hydroxyl groups is 1. The number of benzene rings is 3. The van der Waals surface area contributed by atoms with Crippen LogP contribution in [0.25, 0.3) is 11.1 Å². The average Bonchev–Trinajstić information content (AvgIpc) is 3.12. The van der Waals surface area contributed by atoms with Crippen LogP contribution in [0.1, 0.15) is 28.8 Å². The van der Waals surface area contributed by atoms with Crippen molar-refractivity contribution < 1.29 is 19.4 Å². The standard InChI is InChI=1S/C26H25NO4/c1-30-22-8-5-18(6-9-22)19-7-10-24-23(16-19)26(11-13-31-14-12-26)17-27(24)25(29)20-3-2-4-21(28)15-20/h2-10,15-16,28H,11-14,17H2,1H3. The van der Waals surface area contributed by atoms with E-state index in [2.05, 4.69) is 30.3 Å². The summed E-state index contributed by atoms with van der Waals surface area (Å²) < 4.78 is 10.9. The van der Waals surface area contributed by atoms with Gasteiger partial charge in [-0.3, -0.25) is 4.79 Å². The van der Waals surface area contributed by atoms with Gasteiger partial charge in [0.2, 0.25) is 0 Å². The summed E-state index contributed by atoms with van der Waals surface area (Å²) in [7, 11) is 1.66. The molecule has 0 unspecified atom stereocenters. The van der Waals surface area contributed by atoms with Crippen LogP contribution in [-0.4, -0.2) is 37.9 Å². The lowest BCUT2D eigenvalue weighted by molar-refractivity contribution is 0.0547. The van der Waals surface area contributed by atoms with Gasteiger partial charge >= 0.3 is 0 Å². The van der Waals surface area contributed by atoms with Crippen molar-refractivity contribution in [3.63, 3.8) is 0 Å². The monoisotopic (exact) mass is 415 g/mol. The Bertz CT molecular complexity index is 1120. The number of amides is 1. The van der Waals surface area contributed by atoms with E-state index in [1.807, 2.05) is 17.0 Å². The van der Waals surface area contributed by atoms with Crippen molar-refractivity contribution in [1.82, 2.24) is 0 Å². The molecule has 1 N–H and O–H groups in total. The number of carbonyl (C=O) groups excluding carboxylic acids is 1. The molecule has 2 aliphatic heterocycles. The van der Waals surface area contributed by atoms with Gasteiger partial charge in [0.15, 0.2) is 0 Å². The number of hydrogen-bond acceptors (Lipinski definition) is 4. The lowest BCUT2D eigenvalue weighted by atomic mass is 9.75. The molecule has 1 fully saturated rings. The largest absolute Gasteiger partial charge is 0.508 e. The van der Waals surface area contributed by atoms with Gasteiger partial charge in [0.25, 0.3) is 5.91 Å². The SMILES string of the molecule is COc1ccc(-c2ccc3c(c2)C2(CCOCC2)CN3C(=O)c2cccc(O)c2)cc1. The zero-order valence-electron chi connectivity index (χ0n) is 17.5. The molecule has 0 aromatic heterocycles. The number of nitrogens with zero attached hydrogens (tertiary/aromatic N) is 1. The number of hydrogen-bond donors (Lipinski definition) is 1. The van der Waals surface area contributed by atoms with Crippen LogP contribution in [-0.2, 0) is 10.2 Å². The molecule has 5 rings (SSSR count). The number of carbonyl (C=O) groups is 1. The van der Waals surface area contributed by atoms with Crippen molar-refractivity contribution in [2.75, 3.05) is 31.8 Å². The van der Waals surface area contributed by atoms with Gasteiger partial charge in [-0.25, -0.2) is 0 Å². The summed E-state index contributed by atoms with van der Waals surface area (Å²) in [6.45, 7) is 2.02. The van der Waals surface area contributed by atoms with Crippen LogP contribution in [0.3, 0.4) is 0 Å². The predicted molar refractivity (Wildman–Crippen MR) is 120 cm³/mol. The van der Waals surface area contributed by atoms with E-state index in [-0.39, 0.29) is 17.1 Å². The van der Waals surface area contributed by atoms with Crippen LogP contribution in [0.2, 0.25) is 0 Å². The van der Waals surface area contributed by atoms with Gasteiger partial charge in [0, 0.05) is 36.4 Å². The maximum absolute atomic E-state index is 13.4. The Balaban J connectivity index is 1.57. The van der Waals surface area contributed by atoms with E-state index in [1.54, 1.807) is 25.3 Å². The van der Waals surface area contributed by atoms with E-state index in [0.717, 1.165) is 35.4 Å². The molecule has 31 heavy (non-hydrogen) atoms. The summed E-state index contributed by atoms with van der Waals surface area (Å²) in [6, 6.07) is 21.0. The van der Waals surface area contributed by atoms with Gasteiger partial charge < -0.3 is 19.5 Å². The van der Waals surface area contributed by atoms with Crippen molar-refractivity contribution in [2.45, 2.75) is 18.3 Å². The fraction of sp³-hybridized carbons (Fsp3) is 0.269. The highest BCUT2D eigenvalue weighted by Gasteiger charge is 2.45. The van der Waals surface area contributed by atoms with Crippen LogP contribution < -0.4 is 9.64 Å². The molecule has 3 aromatic rings. The highest BCUT2D eigenvalue weighted by atomic mass is 16.5. The first kappa shape index (κ1) is 19.6. The minimum atomic E-state index is -0.109. The van der Waals surface area contributed by atoms with Crippen LogP contribution in [0.5, 0.6) is 11.5 Å². The summed E-state index contributed by atoms with van der Waals surface area (Å²) in [5.41, 5.74) is 4.78. The third-order valence-electron chi connectivity index (χ3n) is 6.53. The molecule has 0 atom stereocenters. The maximum Gasteiger partial charge on any atom is 0.258 e. The molecule has 0 aliphatic carbocycles. The van der Waals surface area contributed by atoms with Crippen LogP contribution in [0.4, 0.5) is 5.69 Å². The van der Waals surface area contributed by atoms with E-state index < -0.39 is 0 Å². The third kappa shape index (κ3) is 3.45. The maximum atomic E-state index is 13.4. The normalized spacial score (nSPS) is 16.9. The van der Waals surface area contributed by atoms with Gasteiger partial charge in [-0.1, -0.05) is 24.3 Å². The second kappa shape index (κ2) is 7.75. The molecule has 5 heteroatoms. The molecule has 3 aromatic carbocycles. The second-order valence-electron chi connectivity index (χ2n) is 8.29.